The summed E-state index contributed by atoms with van der Waals surface area (Å²) < 4.78 is 13.4. The van der Waals surface area contributed by atoms with Gasteiger partial charge in [0.15, 0.2) is 0 Å². The molecule has 0 fully saturated rings. The van der Waals surface area contributed by atoms with Crippen molar-refractivity contribution in [2.45, 2.75) is 6.42 Å². The lowest BCUT2D eigenvalue weighted by Gasteiger charge is -2.07. The number of nitrogens with one attached hydrogen (secondary N) is 2. The first kappa shape index (κ1) is 13.9. The molecule has 2 aromatic rings. The van der Waals surface area contributed by atoms with Gasteiger partial charge in [-0.15, -0.1) is 0 Å². The molecular weight excluding hydrogens is 259 g/mol. The number of amides is 1. The van der Waals surface area contributed by atoms with E-state index in [1.165, 1.54) is 6.07 Å². The summed E-state index contributed by atoms with van der Waals surface area (Å²) in [6.07, 6.45) is 4.80. The molecular formula is C14H15FN4O. The normalized spacial score (nSPS) is 10.1. The van der Waals surface area contributed by atoms with Crippen molar-refractivity contribution in [3.8, 4) is 0 Å². The van der Waals surface area contributed by atoms with Gasteiger partial charge < -0.3 is 10.6 Å². The van der Waals surface area contributed by atoms with Crippen LogP contribution in [0.4, 0.5) is 10.2 Å². The van der Waals surface area contributed by atoms with Crippen molar-refractivity contribution < 1.29 is 9.18 Å². The Labute approximate surface area is 116 Å². The number of nitrogens with zero attached hydrogens (tertiary/aromatic N) is 2. The third-order valence-electron chi connectivity index (χ3n) is 2.63. The number of aromatic nitrogens is 2. The van der Waals surface area contributed by atoms with Gasteiger partial charge in [0.25, 0.3) is 0 Å². The van der Waals surface area contributed by atoms with Crippen LogP contribution in [0.15, 0.2) is 42.9 Å². The van der Waals surface area contributed by atoms with Crippen LogP contribution >= 0.6 is 0 Å². The van der Waals surface area contributed by atoms with Crippen molar-refractivity contribution in [2.24, 2.45) is 0 Å². The van der Waals surface area contributed by atoms with E-state index in [1.807, 2.05) is 0 Å². The standard InChI is InChI=1S/C14H15FN4O/c15-12-4-2-1-3-11(12)9-14(20)19-8-7-18-13-10-16-5-6-17-13/h1-6,10H,7-9H2,(H,17,18)(H,19,20). The predicted octanol–water partition coefficient (Wildman–Crippen LogP) is 1.39. The summed E-state index contributed by atoms with van der Waals surface area (Å²) in [5.41, 5.74) is 0.395. The first-order valence-electron chi connectivity index (χ1n) is 6.25. The molecule has 1 aromatic heterocycles. The van der Waals surface area contributed by atoms with Crippen LogP contribution in [0.1, 0.15) is 5.56 Å². The summed E-state index contributed by atoms with van der Waals surface area (Å²) >= 11 is 0. The lowest BCUT2D eigenvalue weighted by molar-refractivity contribution is -0.120. The van der Waals surface area contributed by atoms with Crippen LogP contribution in [0.2, 0.25) is 0 Å². The van der Waals surface area contributed by atoms with Gasteiger partial charge >= 0.3 is 0 Å². The Hall–Kier alpha value is -2.50. The zero-order valence-electron chi connectivity index (χ0n) is 10.8. The van der Waals surface area contributed by atoms with E-state index in [9.17, 15) is 9.18 Å². The molecule has 0 saturated carbocycles. The fraction of sp³-hybridized carbons (Fsp3) is 0.214. The SMILES string of the molecule is O=C(Cc1ccccc1F)NCCNc1cnccn1. The molecule has 1 heterocycles. The van der Waals surface area contributed by atoms with Crippen LogP contribution in [0.25, 0.3) is 0 Å². The maximum atomic E-state index is 13.4. The van der Waals surface area contributed by atoms with Gasteiger partial charge in [-0.2, -0.15) is 0 Å². The number of carbonyl (C=O) groups is 1. The Kier molecular flexibility index (Phi) is 5.00. The number of halogens is 1. The molecule has 0 bridgehead atoms. The van der Waals surface area contributed by atoms with Crippen molar-refractivity contribution in [2.75, 3.05) is 18.4 Å². The van der Waals surface area contributed by atoms with Gasteiger partial charge in [-0.25, -0.2) is 9.37 Å². The first-order valence-corrected chi connectivity index (χ1v) is 6.25. The zero-order valence-corrected chi connectivity index (χ0v) is 10.8. The first-order chi connectivity index (χ1) is 9.75. The summed E-state index contributed by atoms with van der Waals surface area (Å²) in [7, 11) is 0. The van der Waals surface area contributed by atoms with Gasteiger partial charge in [-0.3, -0.25) is 9.78 Å². The molecule has 0 aliphatic heterocycles. The van der Waals surface area contributed by atoms with E-state index in [0.29, 0.717) is 24.5 Å². The molecule has 5 nitrogen and oxygen atoms in total. The number of hydrogen-bond acceptors (Lipinski definition) is 4. The second kappa shape index (κ2) is 7.18. The Balaban J connectivity index is 1.69. The van der Waals surface area contributed by atoms with Gasteiger partial charge in [-0.05, 0) is 11.6 Å². The molecule has 2 rings (SSSR count). The average Bonchev–Trinajstić information content (AvgIpc) is 2.47. The minimum absolute atomic E-state index is 0.0395. The van der Waals surface area contributed by atoms with Crippen molar-refractivity contribution in [3.63, 3.8) is 0 Å². The third-order valence-corrected chi connectivity index (χ3v) is 2.63. The maximum Gasteiger partial charge on any atom is 0.224 e. The number of rotatable bonds is 6. The minimum Gasteiger partial charge on any atom is -0.367 e. The number of benzene rings is 1. The summed E-state index contributed by atoms with van der Waals surface area (Å²) in [4.78, 5) is 19.6. The molecule has 0 saturated heterocycles. The Bertz CT molecular complexity index is 562. The van der Waals surface area contributed by atoms with Gasteiger partial charge in [0.05, 0.1) is 12.6 Å². The highest BCUT2D eigenvalue weighted by atomic mass is 19.1. The van der Waals surface area contributed by atoms with Crippen LogP contribution in [0.5, 0.6) is 0 Å². The average molecular weight is 274 g/mol. The maximum absolute atomic E-state index is 13.4. The highest BCUT2D eigenvalue weighted by molar-refractivity contribution is 5.78. The van der Waals surface area contributed by atoms with Crippen LogP contribution < -0.4 is 10.6 Å². The summed E-state index contributed by atoms with van der Waals surface area (Å²) in [5.74, 6) is 0.0761. The highest BCUT2D eigenvalue weighted by Gasteiger charge is 2.06. The minimum atomic E-state index is -0.361. The van der Waals surface area contributed by atoms with E-state index in [2.05, 4.69) is 20.6 Å². The Morgan fingerprint density at radius 1 is 1.20 bits per heavy atom. The van der Waals surface area contributed by atoms with Crippen LogP contribution in [-0.4, -0.2) is 29.0 Å². The van der Waals surface area contributed by atoms with Crippen LogP contribution in [0.3, 0.4) is 0 Å². The van der Waals surface area contributed by atoms with E-state index in [-0.39, 0.29) is 18.1 Å². The van der Waals surface area contributed by atoms with E-state index in [1.54, 1.807) is 36.8 Å². The second-order valence-electron chi connectivity index (χ2n) is 4.14. The second-order valence-corrected chi connectivity index (χ2v) is 4.14. The molecule has 0 radical (unpaired) electrons. The fourth-order valence-corrected chi connectivity index (χ4v) is 1.66. The van der Waals surface area contributed by atoms with Crippen LogP contribution in [-0.2, 0) is 11.2 Å². The number of hydrogen-bond donors (Lipinski definition) is 2. The Morgan fingerprint density at radius 2 is 2.05 bits per heavy atom. The van der Waals surface area contributed by atoms with E-state index < -0.39 is 0 Å². The third kappa shape index (κ3) is 4.31. The highest BCUT2D eigenvalue weighted by Crippen LogP contribution is 2.06. The summed E-state index contributed by atoms with van der Waals surface area (Å²) in [5, 5.41) is 5.73. The zero-order chi connectivity index (χ0) is 14.2. The van der Waals surface area contributed by atoms with Gasteiger partial charge in [-0.1, -0.05) is 18.2 Å². The van der Waals surface area contributed by atoms with E-state index in [4.69, 9.17) is 0 Å². The summed E-state index contributed by atoms with van der Waals surface area (Å²) in [6, 6.07) is 6.26. The molecule has 20 heavy (non-hydrogen) atoms. The predicted molar refractivity (Wildman–Crippen MR) is 73.6 cm³/mol. The van der Waals surface area contributed by atoms with E-state index >= 15 is 0 Å². The lowest BCUT2D eigenvalue weighted by Crippen LogP contribution is -2.30. The Morgan fingerprint density at radius 3 is 2.80 bits per heavy atom. The molecule has 0 atom stereocenters. The van der Waals surface area contributed by atoms with Crippen molar-refractivity contribution >= 4 is 11.7 Å². The largest absolute Gasteiger partial charge is 0.367 e. The molecule has 104 valence electrons. The molecule has 2 N–H and O–H groups in total. The topological polar surface area (TPSA) is 66.9 Å². The van der Waals surface area contributed by atoms with Crippen molar-refractivity contribution in [1.29, 1.82) is 0 Å². The van der Waals surface area contributed by atoms with Gasteiger partial charge in [0.1, 0.15) is 11.6 Å². The lowest BCUT2D eigenvalue weighted by atomic mass is 10.1. The summed E-state index contributed by atoms with van der Waals surface area (Å²) in [6.45, 7) is 0.964. The van der Waals surface area contributed by atoms with Gasteiger partial charge in [0, 0.05) is 25.5 Å². The molecule has 1 aromatic carbocycles. The fourth-order valence-electron chi connectivity index (χ4n) is 1.66. The number of carbonyl (C=O) groups excluding carboxylic acids is 1. The van der Waals surface area contributed by atoms with E-state index in [0.717, 1.165) is 0 Å². The smallest absolute Gasteiger partial charge is 0.224 e. The molecule has 6 heteroatoms. The molecule has 0 spiro atoms. The van der Waals surface area contributed by atoms with Crippen molar-refractivity contribution in [3.05, 3.63) is 54.2 Å². The van der Waals surface area contributed by atoms with Crippen molar-refractivity contribution in [1.82, 2.24) is 15.3 Å². The quantitative estimate of drug-likeness (QED) is 0.781. The van der Waals surface area contributed by atoms with Gasteiger partial charge in [0.2, 0.25) is 5.91 Å². The molecule has 0 aliphatic rings. The number of anilines is 1. The monoisotopic (exact) mass is 274 g/mol. The molecule has 0 aliphatic carbocycles. The van der Waals surface area contributed by atoms with Crippen LogP contribution in [0, 0.1) is 5.82 Å². The molecule has 1 amide bonds. The molecule has 0 unspecified atom stereocenters.